The topological polar surface area (TPSA) is 69.4 Å². The van der Waals surface area contributed by atoms with Crippen molar-refractivity contribution in [2.45, 2.75) is 18.3 Å². The number of nitrogens with two attached hydrogens (primary N) is 1. The molecule has 17 heavy (non-hydrogen) atoms. The highest BCUT2D eigenvalue weighted by molar-refractivity contribution is 6.30. The Bertz CT molecular complexity index is 469. The van der Waals surface area contributed by atoms with Gasteiger partial charge in [0.25, 0.3) is 5.91 Å². The van der Waals surface area contributed by atoms with Crippen LogP contribution in [0.2, 0.25) is 5.02 Å². The van der Waals surface area contributed by atoms with Crippen LogP contribution >= 0.6 is 11.6 Å². The number of amides is 1. The van der Waals surface area contributed by atoms with Gasteiger partial charge in [0.05, 0.1) is 5.41 Å². The van der Waals surface area contributed by atoms with Gasteiger partial charge in [-0.1, -0.05) is 23.7 Å². The number of esters is 1. The molecule has 0 aromatic heterocycles. The first kappa shape index (κ1) is 11.9. The number of benzene rings is 1. The molecule has 1 aliphatic carbocycles. The van der Waals surface area contributed by atoms with E-state index in [4.69, 9.17) is 22.1 Å². The van der Waals surface area contributed by atoms with Crippen LogP contribution in [0.25, 0.3) is 0 Å². The minimum atomic E-state index is -0.653. The second-order valence-corrected chi connectivity index (χ2v) is 4.57. The number of carbonyl (C=O) groups is 2. The van der Waals surface area contributed by atoms with Crippen LogP contribution in [-0.4, -0.2) is 18.5 Å². The summed E-state index contributed by atoms with van der Waals surface area (Å²) in [6, 6.07) is 7.12. The Kier molecular flexibility index (Phi) is 3.07. The molecule has 5 heteroatoms. The first-order valence-corrected chi connectivity index (χ1v) is 5.64. The quantitative estimate of drug-likeness (QED) is 0.825. The number of primary amides is 1. The van der Waals surface area contributed by atoms with Gasteiger partial charge in [-0.15, -0.1) is 0 Å². The number of ether oxygens (including phenoxy) is 1. The lowest BCUT2D eigenvalue weighted by atomic mass is 9.96. The Morgan fingerprint density at radius 1 is 1.41 bits per heavy atom. The third-order valence-electron chi connectivity index (χ3n) is 2.86. The van der Waals surface area contributed by atoms with Crippen molar-refractivity contribution in [3.63, 3.8) is 0 Å². The summed E-state index contributed by atoms with van der Waals surface area (Å²) >= 11 is 5.88. The Labute approximate surface area is 104 Å². The van der Waals surface area contributed by atoms with Crippen LogP contribution in [0.4, 0.5) is 0 Å². The second-order valence-electron chi connectivity index (χ2n) is 4.13. The summed E-state index contributed by atoms with van der Waals surface area (Å²) in [6.45, 7) is -0.374. The molecule has 0 atom stereocenters. The number of carbonyl (C=O) groups excluding carboxylic acids is 2. The van der Waals surface area contributed by atoms with Gasteiger partial charge < -0.3 is 10.5 Å². The standard InChI is InChI=1S/C12H12ClNO3/c13-9-3-1-2-8(6-9)12(4-5-12)11(16)17-7-10(14)15/h1-3,6H,4-5,7H2,(H2,14,15). The fraction of sp³-hybridized carbons (Fsp3) is 0.333. The maximum absolute atomic E-state index is 11.9. The molecule has 0 saturated heterocycles. The molecule has 0 unspecified atom stereocenters. The van der Waals surface area contributed by atoms with Crippen molar-refractivity contribution in [3.8, 4) is 0 Å². The molecule has 1 saturated carbocycles. The monoisotopic (exact) mass is 253 g/mol. The molecule has 1 aromatic carbocycles. The third kappa shape index (κ3) is 2.42. The summed E-state index contributed by atoms with van der Waals surface area (Å²) in [4.78, 5) is 22.4. The van der Waals surface area contributed by atoms with Gasteiger partial charge >= 0.3 is 5.97 Å². The molecule has 90 valence electrons. The molecule has 2 rings (SSSR count). The maximum Gasteiger partial charge on any atom is 0.317 e. The predicted octanol–water partition coefficient (Wildman–Crippen LogP) is 1.40. The van der Waals surface area contributed by atoms with E-state index in [1.54, 1.807) is 18.2 Å². The highest BCUT2D eigenvalue weighted by Crippen LogP contribution is 2.49. The Balaban J connectivity index is 2.14. The average Bonchev–Trinajstić information content (AvgIpc) is 3.07. The van der Waals surface area contributed by atoms with E-state index in [2.05, 4.69) is 0 Å². The number of rotatable bonds is 4. The maximum atomic E-state index is 11.9. The van der Waals surface area contributed by atoms with Gasteiger partial charge in [-0.25, -0.2) is 0 Å². The van der Waals surface area contributed by atoms with Crippen molar-refractivity contribution in [2.24, 2.45) is 5.73 Å². The fourth-order valence-corrected chi connectivity index (χ4v) is 1.99. The van der Waals surface area contributed by atoms with Gasteiger partial charge in [0.15, 0.2) is 6.61 Å². The van der Waals surface area contributed by atoms with Crippen LogP contribution in [0.1, 0.15) is 18.4 Å². The molecule has 0 bridgehead atoms. The van der Waals surface area contributed by atoms with Crippen molar-refractivity contribution >= 4 is 23.5 Å². The van der Waals surface area contributed by atoms with E-state index in [0.29, 0.717) is 17.9 Å². The highest BCUT2D eigenvalue weighted by atomic mass is 35.5. The Morgan fingerprint density at radius 2 is 2.12 bits per heavy atom. The summed E-state index contributed by atoms with van der Waals surface area (Å²) in [6.07, 6.45) is 1.43. The molecule has 0 heterocycles. The summed E-state index contributed by atoms with van der Waals surface area (Å²) in [5.74, 6) is -1.06. The van der Waals surface area contributed by atoms with Gasteiger partial charge in [0.2, 0.25) is 0 Å². The van der Waals surface area contributed by atoms with E-state index in [1.807, 2.05) is 6.07 Å². The molecule has 1 fully saturated rings. The molecule has 4 nitrogen and oxygen atoms in total. The lowest BCUT2D eigenvalue weighted by molar-refractivity contribution is -0.150. The van der Waals surface area contributed by atoms with E-state index < -0.39 is 17.3 Å². The zero-order chi connectivity index (χ0) is 12.5. The lowest BCUT2D eigenvalue weighted by Crippen LogP contribution is -2.28. The smallest absolute Gasteiger partial charge is 0.317 e. The SMILES string of the molecule is NC(=O)COC(=O)C1(c2cccc(Cl)c2)CC1. The minimum Gasteiger partial charge on any atom is -0.455 e. The summed E-state index contributed by atoms with van der Waals surface area (Å²) in [5, 5.41) is 0.580. The van der Waals surface area contributed by atoms with Crippen molar-refractivity contribution in [3.05, 3.63) is 34.9 Å². The van der Waals surface area contributed by atoms with Crippen molar-refractivity contribution in [1.82, 2.24) is 0 Å². The van der Waals surface area contributed by atoms with E-state index in [9.17, 15) is 9.59 Å². The molecule has 1 aliphatic rings. The van der Waals surface area contributed by atoms with E-state index in [1.165, 1.54) is 0 Å². The van der Waals surface area contributed by atoms with Crippen LogP contribution in [0, 0.1) is 0 Å². The molecular weight excluding hydrogens is 242 g/mol. The zero-order valence-corrected chi connectivity index (χ0v) is 9.87. The fourth-order valence-electron chi connectivity index (χ4n) is 1.80. The highest BCUT2D eigenvalue weighted by Gasteiger charge is 2.52. The van der Waals surface area contributed by atoms with Gasteiger partial charge in [-0.05, 0) is 30.5 Å². The number of hydrogen-bond acceptors (Lipinski definition) is 3. The van der Waals surface area contributed by atoms with Gasteiger partial charge in [-0.3, -0.25) is 9.59 Å². The van der Waals surface area contributed by atoms with Crippen molar-refractivity contribution in [1.29, 1.82) is 0 Å². The summed E-state index contributed by atoms with van der Waals surface area (Å²) < 4.78 is 4.87. The summed E-state index contributed by atoms with van der Waals surface area (Å²) in [5.41, 5.74) is 5.14. The zero-order valence-electron chi connectivity index (χ0n) is 9.11. The van der Waals surface area contributed by atoms with Crippen LogP contribution in [0.3, 0.4) is 0 Å². The molecule has 0 spiro atoms. The Hall–Kier alpha value is -1.55. The normalized spacial score (nSPS) is 16.3. The molecule has 1 amide bonds. The van der Waals surface area contributed by atoms with Crippen molar-refractivity contribution in [2.75, 3.05) is 6.61 Å². The summed E-state index contributed by atoms with van der Waals surface area (Å²) in [7, 11) is 0. The molecule has 0 aliphatic heterocycles. The largest absolute Gasteiger partial charge is 0.455 e. The second kappa shape index (κ2) is 4.37. The lowest BCUT2D eigenvalue weighted by Gasteiger charge is -2.14. The van der Waals surface area contributed by atoms with Gasteiger partial charge in [0.1, 0.15) is 0 Å². The Morgan fingerprint density at radius 3 is 2.65 bits per heavy atom. The number of halogens is 1. The number of hydrogen-bond donors (Lipinski definition) is 1. The first-order chi connectivity index (χ1) is 8.04. The van der Waals surface area contributed by atoms with Crippen LogP contribution in [0.5, 0.6) is 0 Å². The molecule has 1 aromatic rings. The molecule has 2 N–H and O–H groups in total. The van der Waals surface area contributed by atoms with Crippen LogP contribution < -0.4 is 5.73 Å². The third-order valence-corrected chi connectivity index (χ3v) is 3.10. The average molecular weight is 254 g/mol. The van der Waals surface area contributed by atoms with E-state index in [-0.39, 0.29) is 6.61 Å². The predicted molar refractivity (Wildman–Crippen MR) is 62.5 cm³/mol. The molecular formula is C12H12ClNO3. The van der Waals surface area contributed by atoms with E-state index in [0.717, 1.165) is 5.56 Å². The molecule has 0 radical (unpaired) electrons. The van der Waals surface area contributed by atoms with Gasteiger partial charge in [-0.2, -0.15) is 0 Å². The van der Waals surface area contributed by atoms with Crippen LogP contribution in [-0.2, 0) is 19.7 Å². The van der Waals surface area contributed by atoms with Gasteiger partial charge in [0, 0.05) is 5.02 Å². The van der Waals surface area contributed by atoms with E-state index >= 15 is 0 Å². The van der Waals surface area contributed by atoms with Crippen LogP contribution in [0.15, 0.2) is 24.3 Å². The first-order valence-electron chi connectivity index (χ1n) is 5.26. The minimum absolute atomic E-state index is 0.374. The van der Waals surface area contributed by atoms with Crippen molar-refractivity contribution < 1.29 is 14.3 Å².